The van der Waals surface area contributed by atoms with Gasteiger partial charge >= 0.3 is 0 Å². The zero-order valence-corrected chi connectivity index (χ0v) is 10.8. The molecule has 0 aromatic heterocycles. The lowest BCUT2D eigenvalue weighted by Crippen LogP contribution is -2.44. The van der Waals surface area contributed by atoms with Gasteiger partial charge in [0.05, 0.1) is 0 Å². The molecule has 90 valence electrons. The van der Waals surface area contributed by atoms with Crippen molar-refractivity contribution < 1.29 is 0 Å². The van der Waals surface area contributed by atoms with E-state index in [2.05, 4.69) is 31.0 Å². The summed E-state index contributed by atoms with van der Waals surface area (Å²) in [6, 6.07) is 1.50. The van der Waals surface area contributed by atoms with Crippen LogP contribution in [0.2, 0.25) is 0 Å². The fourth-order valence-corrected chi connectivity index (χ4v) is 2.75. The standard InChI is InChI=1S/C13H28N2/c1-4-14-12(3)11-15(5-2)13-9-7-6-8-10-13/h12-14H,4-11H2,1-3H3. The van der Waals surface area contributed by atoms with Crippen molar-refractivity contribution in [1.29, 1.82) is 0 Å². The molecule has 2 nitrogen and oxygen atoms in total. The average molecular weight is 212 g/mol. The molecule has 1 N–H and O–H groups in total. The summed E-state index contributed by atoms with van der Waals surface area (Å²) in [6.07, 6.45) is 7.18. The highest BCUT2D eigenvalue weighted by atomic mass is 15.2. The van der Waals surface area contributed by atoms with E-state index in [4.69, 9.17) is 0 Å². The Balaban J connectivity index is 2.32. The first-order valence-corrected chi connectivity index (χ1v) is 6.75. The minimum absolute atomic E-state index is 0.636. The quantitative estimate of drug-likeness (QED) is 0.728. The van der Waals surface area contributed by atoms with E-state index in [9.17, 15) is 0 Å². The van der Waals surface area contributed by atoms with Crippen molar-refractivity contribution in [3.8, 4) is 0 Å². The van der Waals surface area contributed by atoms with Gasteiger partial charge in [-0.1, -0.05) is 33.1 Å². The van der Waals surface area contributed by atoms with Crippen LogP contribution in [-0.2, 0) is 0 Å². The van der Waals surface area contributed by atoms with E-state index in [1.54, 1.807) is 0 Å². The van der Waals surface area contributed by atoms with Crippen molar-refractivity contribution in [3.63, 3.8) is 0 Å². The zero-order chi connectivity index (χ0) is 11.1. The summed E-state index contributed by atoms with van der Waals surface area (Å²) in [5.41, 5.74) is 0. The fraction of sp³-hybridized carbons (Fsp3) is 1.00. The van der Waals surface area contributed by atoms with Gasteiger partial charge in [0.25, 0.3) is 0 Å². The van der Waals surface area contributed by atoms with Gasteiger partial charge in [0.1, 0.15) is 0 Å². The fourth-order valence-electron chi connectivity index (χ4n) is 2.75. The summed E-state index contributed by atoms with van der Waals surface area (Å²) in [6.45, 7) is 10.3. The van der Waals surface area contributed by atoms with Gasteiger partial charge in [0, 0.05) is 18.6 Å². The third kappa shape index (κ3) is 4.52. The van der Waals surface area contributed by atoms with E-state index in [1.807, 2.05) is 0 Å². The maximum absolute atomic E-state index is 3.51. The molecular formula is C13H28N2. The molecule has 0 aromatic rings. The highest BCUT2D eigenvalue weighted by Crippen LogP contribution is 2.22. The van der Waals surface area contributed by atoms with Crippen LogP contribution in [0.3, 0.4) is 0 Å². The Labute approximate surface area is 95.4 Å². The van der Waals surface area contributed by atoms with Crippen LogP contribution >= 0.6 is 0 Å². The number of hydrogen-bond donors (Lipinski definition) is 1. The molecule has 0 saturated heterocycles. The summed E-state index contributed by atoms with van der Waals surface area (Å²) in [5.74, 6) is 0. The summed E-state index contributed by atoms with van der Waals surface area (Å²) in [5, 5.41) is 3.51. The second-order valence-corrected chi connectivity index (χ2v) is 4.84. The second-order valence-electron chi connectivity index (χ2n) is 4.84. The van der Waals surface area contributed by atoms with Gasteiger partial charge in [-0.05, 0) is 32.9 Å². The highest BCUT2D eigenvalue weighted by Gasteiger charge is 2.20. The molecule has 0 bridgehead atoms. The van der Waals surface area contributed by atoms with Crippen LogP contribution in [0.1, 0.15) is 52.9 Å². The SMILES string of the molecule is CCNC(C)CN(CC)C1CCCCC1. The highest BCUT2D eigenvalue weighted by molar-refractivity contribution is 4.77. The molecule has 0 heterocycles. The molecule has 1 fully saturated rings. The van der Waals surface area contributed by atoms with Gasteiger partial charge in [0.15, 0.2) is 0 Å². The van der Waals surface area contributed by atoms with Crippen molar-refractivity contribution in [2.45, 2.75) is 65.0 Å². The third-order valence-corrected chi connectivity index (χ3v) is 3.56. The summed E-state index contributed by atoms with van der Waals surface area (Å²) in [7, 11) is 0. The Morgan fingerprint density at radius 1 is 1.20 bits per heavy atom. The normalized spacial score (nSPS) is 20.8. The lowest BCUT2D eigenvalue weighted by atomic mass is 9.94. The van der Waals surface area contributed by atoms with E-state index in [1.165, 1.54) is 45.2 Å². The summed E-state index contributed by atoms with van der Waals surface area (Å²) >= 11 is 0. The molecule has 2 heteroatoms. The molecule has 0 aromatic carbocycles. The maximum atomic E-state index is 3.51. The van der Waals surface area contributed by atoms with Gasteiger partial charge < -0.3 is 5.32 Å². The predicted octanol–water partition coefficient (Wildman–Crippen LogP) is 2.64. The lowest BCUT2D eigenvalue weighted by molar-refractivity contribution is 0.151. The Hall–Kier alpha value is -0.0800. The Morgan fingerprint density at radius 3 is 2.40 bits per heavy atom. The molecule has 1 rings (SSSR count). The summed E-state index contributed by atoms with van der Waals surface area (Å²) < 4.78 is 0. The second kappa shape index (κ2) is 7.24. The molecule has 1 unspecified atom stereocenters. The average Bonchev–Trinajstić information content (AvgIpc) is 2.27. The predicted molar refractivity (Wildman–Crippen MR) is 67.3 cm³/mol. The number of nitrogens with one attached hydrogen (secondary N) is 1. The monoisotopic (exact) mass is 212 g/mol. The van der Waals surface area contributed by atoms with Gasteiger partial charge in [0.2, 0.25) is 0 Å². The van der Waals surface area contributed by atoms with Crippen LogP contribution in [0, 0.1) is 0 Å². The van der Waals surface area contributed by atoms with Crippen LogP contribution in [-0.4, -0.2) is 36.6 Å². The Bertz CT molecular complexity index is 153. The van der Waals surface area contributed by atoms with Crippen LogP contribution in [0.15, 0.2) is 0 Å². The van der Waals surface area contributed by atoms with Gasteiger partial charge in [-0.3, -0.25) is 4.90 Å². The maximum Gasteiger partial charge on any atom is 0.0166 e. The smallest absolute Gasteiger partial charge is 0.0166 e. The molecule has 1 aliphatic carbocycles. The lowest BCUT2D eigenvalue weighted by Gasteiger charge is -2.35. The zero-order valence-electron chi connectivity index (χ0n) is 10.8. The molecule has 0 aliphatic heterocycles. The summed E-state index contributed by atoms with van der Waals surface area (Å²) in [4.78, 5) is 2.67. The molecule has 15 heavy (non-hydrogen) atoms. The van der Waals surface area contributed by atoms with Crippen molar-refractivity contribution >= 4 is 0 Å². The first-order chi connectivity index (χ1) is 7.27. The molecule has 1 aliphatic rings. The third-order valence-electron chi connectivity index (χ3n) is 3.56. The van der Waals surface area contributed by atoms with Gasteiger partial charge in [-0.15, -0.1) is 0 Å². The molecule has 1 atom stereocenters. The largest absolute Gasteiger partial charge is 0.313 e. The van der Waals surface area contributed by atoms with Crippen molar-refractivity contribution in [1.82, 2.24) is 10.2 Å². The van der Waals surface area contributed by atoms with E-state index in [0.29, 0.717) is 6.04 Å². The number of rotatable bonds is 6. The Kier molecular flexibility index (Phi) is 6.26. The molecule has 0 spiro atoms. The minimum atomic E-state index is 0.636. The van der Waals surface area contributed by atoms with Crippen LogP contribution in [0.25, 0.3) is 0 Å². The van der Waals surface area contributed by atoms with Crippen LogP contribution < -0.4 is 5.32 Å². The first-order valence-electron chi connectivity index (χ1n) is 6.75. The van der Waals surface area contributed by atoms with Crippen molar-refractivity contribution in [2.24, 2.45) is 0 Å². The Morgan fingerprint density at radius 2 is 1.87 bits per heavy atom. The van der Waals surface area contributed by atoms with Crippen LogP contribution in [0.4, 0.5) is 0 Å². The van der Waals surface area contributed by atoms with E-state index in [0.717, 1.165) is 12.6 Å². The number of likely N-dealkylation sites (N-methyl/N-ethyl adjacent to an activating group) is 2. The minimum Gasteiger partial charge on any atom is -0.313 e. The van der Waals surface area contributed by atoms with E-state index in [-0.39, 0.29) is 0 Å². The van der Waals surface area contributed by atoms with Crippen LogP contribution in [0.5, 0.6) is 0 Å². The number of hydrogen-bond acceptors (Lipinski definition) is 2. The molecule has 0 radical (unpaired) electrons. The molecule has 0 amide bonds. The van der Waals surface area contributed by atoms with E-state index >= 15 is 0 Å². The van der Waals surface area contributed by atoms with Crippen molar-refractivity contribution in [3.05, 3.63) is 0 Å². The van der Waals surface area contributed by atoms with Crippen molar-refractivity contribution in [2.75, 3.05) is 19.6 Å². The van der Waals surface area contributed by atoms with E-state index < -0.39 is 0 Å². The van der Waals surface area contributed by atoms with Gasteiger partial charge in [-0.2, -0.15) is 0 Å². The first kappa shape index (κ1) is 13.0. The molecular weight excluding hydrogens is 184 g/mol. The molecule has 1 saturated carbocycles. The number of nitrogens with zero attached hydrogens (tertiary/aromatic N) is 1. The van der Waals surface area contributed by atoms with Gasteiger partial charge in [-0.25, -0.2) is 0 Å². The topological polar surface area (TPSA) is 15.3 Å².